The Labute approximate surface area is 115 Å². The molecule has 0 amide bonds. The van der Waals surface area contributed by atoms with E-state index in [-0.39, 0.29) is 5.63 Å². The molecule has 0 bridgehead atoms. The second-order valence-corrected chi connectivity index (χ2v) is 5.63. The largest absolute Gasteiger partial charge is 0.408 e. The van der Waals surface area contributed by atoms with Gasteiger partial charge in [-0.3, -0.25) is 0 Å². The van der Waals surface area contributed by atoms with Crippen molar-refractivity contribution in [1.82, 2.24) is 4.98 Å². The molecule has 5 heteroatoms. The summed E-state index contributed by atoms with van der Waals surface area (Å²) < 4.78 is 6.07. The zero-order chi connectivity index (χ0) is 12.7. The molecule has 0 aliphatic rings. The number of hydrogen-bond acceptors (Lipinski definition) is 4. The summed E-state index contributed by atoms with van der Waals surface area (Å²) in [5, 5.41) is 2.50. The van der Waals surface area contributed by atoms with Crippen LogP contribution >= 0.6 is 27.3 Å². The normalized spacial score (nSPS) is 11.0. The third-order valence-corrected chi connectivity index (χ3v) is 4.03. The molecule has 0 aliphatic heterocycles. The molecule has 3 rings (SSSR count). The number of rotatable bonds is 1. The predicted molar refractivity (Wildman–Crippen MR) is 76.0 cm³/mol. The molecule has 2 aromatic heterocycles. The fourth-order valence-corrected chi connectivity index (χ4v) is 3.06. The van der Waals surface area contributed by atoms with Crippen molar-refractivity contribution in [3.8, 4) is 11.1 Å². The van der Waals surface area contributed by atoms with E-state index in [1.165, 1.54) is 11.3 Å². The van der Waals surface area contributed by atoms with Crippen LogP contribution in [0, 0.1) is 6.92 Å². The first-order valence-corrected chi connectivity index (χ1v) is 6.97. The molecule has 18 heavy (non-hydrogen) atoms. The summed E-state index contributed by atoms with van der Waals surface area (Å²) in [6, 6.07) is 7.82. The highest BCUT2D eigenvalue weighted by Crippen LogP contribution is 2.31. The summed E-state index contributed by atoms with van der Waals surface area (Å²) in [6.07, 6.45) is 0. The van der Waals surface area contributed by atoms with Gasteiger partial charge < -0.3 is 4.42 Å². The SMILES string of the molecule is Cc1nc2scc(-c3ccc(Br)cc3)c2c(=O)o1. The number of aryl methyl sites for hydroxylation is 1. The van der Waals surface area contributed by atoms with Gasteiger partial charge in [-0.1, -0.05) is 28.1 Å². The number of fused-ring (bicyclic) bond motifs is 1. The van der Waals surface area contributed by atoms with Crippen LogP contribution in [0.3, 0.4) is 0 Å². The average Bonchev–Trinajstić information content (AvgIpc) is 2.74. The van der Waals surface area contributed by atoms with Crippen molar-refractivity contribution in [1.29, 1.82) is 0 Å². The summed E-state index contributed by atoms with van der Waals surface area (Å²) in [6.45, 7) is 1.68. The molecule has 0 fully saturated rings. The highest BCUT2D eigenvalue weighted by molar-refractivity contribution is 9.10. The molecule has 0 saturated carbocycles. The van der Waals surface area contributed by atoms with E-state index in [4.69, 9.17) is 4.42 Å². The molecule has 2 heterocycles. The van der Waals surface area contributed by atoms with Crippen molar-refractivity contribution < 1.29 is 4.42 Å². The van der Waals surface area contributed by atoms with Gasteiger partial charge in [0.2, 0.25) is 0 Å². The first-order valence-electron chi connectivity index (χ1n) is 5.30. The van der Waals surface area contributed by atoms with Gasteiger partial charge in [0.1, 0.15) is 10.2 Å². The minimum absolute atomic E-state index is 0.323. The van der Waals surface area contributed by atoms with Crippen LogP contribution in [0.15, 0.2) is 43.3 Å². The molecule has 0 saturated heterocycles. The summed E-state index contributed by atoms with van der Waals surface area (Å²) in [4.78, 5) is 16.9. The lowest BCUT2D eigenvalue weighted by Gasteiger charge is -1.99. The van der Waals surface area contributed by atoms with Gasteiger partial charge in [-0.05, 0) is 17.7 Å². The third kappa shape index (κ3) is 1.89. The standard InChI is InChI=1S/C13H8BrNO2S/c1-7-15-12-11(13(16)17-7)10(6-18-12)8-2-4-9(14)5-3-8/h2-6H,1H3. The number of aromatic nitrogens is 1. The predicted octanol–water partition coefficient (Wildman–Crippen LogP) is 3.99. The molecule has 0 unspecified atom stereocenters. The Bertz CT molecular complexity index is 774. The maximum Gasteiger partial charge on any atom is 0.348 e. The van der Waals surface area contributed by atoms with Crippen molar-refractivity contribution >= 4 is 37.5 Å². The molecule has 0 spiro atoms. The van der Waals surface area contributed by atoms with E-state index in [0.29, 0.717) is 11.3 Å². The van der Waals surface area contributed by atoms with Crippen LogP contribution in [-0.4, -0.2) is 4.98 Å². The Hall–Kier alpha value is -1.46. The summed E-state index contributed by atoms with van der Waals surface area (Å²) >= 11 is 4.85. The molecule has 1 aromatic carbocycles. The fraction of sp³-hybridized carbons (Fsp3) is 0.0769. The zero-order valence-corrected chi connectivity index (χ0v) is 11.8. The van der Waals surface area contributed by atoms with Crippen molar-refractivity contribution in [3.05, 3.63) is 50.4 Å². The van der Waals surface area contributed by atoms with Gasteiger partial charge in [0.05, 0.1) is 0 Å². The zero-order valence-electron chi connectivity index (χ0n) is 9.44. The quantitative estimate of drug-likeness (QED) is 0.680. The van der Waals surface area contributed by atoms with Crippen LogP contribution < -0.4 is 5.63 Å². The maximum atomic E-state index is 11.9. The number of nitrogens with zero attached hydrogens (tertiary/aromatic N) is 1. The van der Waals surface area contributed by atoms with E-state index >= 15 is 0 Å². The molecule has 0 atom stereocenters. The molecule has 0 aliphatic carbocycles. The Kier molecular flexibility index (Phi) is 2.80. The second-order valence-electron chi connectivity index (χ2n) is 3.86. The summed E-state index contributed by atoms with van der Waals surface area (Å²) in [5.41, 5.74) is 1.54. The number of halogens is 1. The number of hydrogen-bond donors (Lipinski definition) is 0. The lowest BCUT2D eigenvalue weighted by molar-refractivity contribution is 0.468. The van der Waals surface area contributed by atoms with Crippen LogP contribution in [-0.2, 0) is 0 Å². The maximum absolute atomic E-state index is 11.9. The number of thiophene rings is 1. The van der Waals surface area contributed by atoms with Gasteiger partial charge in [0, 0.05) is 22.3 Å². The van der Waals surface area contributed by atoms with Gasteiger partial charge in [-0.25, -0.2) is 9.78 Å². The first kappa shape index (κ1) is 11.6. The van der Waals surface area contributed by atoms with Gasteiger partial charge in [0.25, 0.3) is 0 Å². The molecule has 3 nitrogen and oxygen atoms in total. The second kappa shape index (κ2) is 4.33. The van der Waals surface area contributed by atoms with Crippen LogP contribution in [0.2, 0.25) is 0 Å². The molecule has 0 radical (unpaired) electrons. The minimum Gasteiger partial charge on any atom is -0.408 e. The van der Waals surface area contributed by atoms with Crippen LogP contribution in [0.1, 0.15) is 5.89 Å². The van der Waals surface area contributed by atoms with Crippen molar-refractivity contribution in [3.63, 3.8) is 0 Å². The summed E-state index contributed by atoms with van der Waals surface area (Å²) in [5.74, 6) is 0.400. The van der Waals surface area contributed by atoms with E-state index in [1.54, 1.807) is 6.92 Å². The van der Waals surface area contributed by atoms with Gasteiger partial charge >= 0.3 is 5.63 Å². The average molecular weight is 322 g/mol. The lowest BCUT2D eigenvalue weighted by atomic mass is 10.1. The van der Waals surface area contributed by atoms with E-state index in [1.807, 2.05) is 29.6 Å². The Morgan fingerprint density at radius 2 is 2.00 bits per heavy atom. The first-order chi connectivity index (χ1) is 8.65. The Morgan fingerprint density at radius 3 is 2.72 bits per heavy atom. The molecule has 0 N–H and O–H groups in total. The fourth-order valence-electron chi connectivity index (χ4n) is 1.82. The van der Waals surface area contributed by atoms with Gasteiger partial charge in [-0.2, -0.15) is 0 Å². The smallest absolute Gasteiger partial charge is 0.348 e. The monoisotopic (exact) mass is 321 g/mol. The highest BCUT2D eigenvalue weighted by atomic mass is 79.9. The molecule has 90 valence electrons. The molecule has 3 aromatic rings. The lowest BCUT2D eigenvalue weighted by Crippen LogP contribution is -2.01. The topological polar surface area (TPSA) is 43.1 Å². The Morgan fingerprint density at radius 1 is 1.28 bits per heavy atom. The van der Waals surface area contributed by atoms with Crippen molar-refractivity contribution in [2.45, 2.75) is 6.92 Å². The molecular formula is C13H8BrNO2S. The van der Waals surface area contributed by atoms with Crippen LogP contribution in [0.5, 0.6) is 0 Å². The summed E-state index contributed by atoms with van der Waals surface area (Å²) in [7, 11) is 0. The van der Waals surface area contributed by atoms with Crippen LogP contribution in [0.4, 0.5) is 0 Å². The Balaban J connectivity index is 2.30. The van der Waals surface area contributed by atoms with Crippen molar-refractivity contribution in [2.24, 2.45) is 0 Å². The van der Waals surface area contributed by atoms with Gasteiger partial charge in [0.15, 0.2) is 5.89 Å². The van der Waals surface area contributed by atoms with Crippen LogP contribution in [0.25, 0.3) is 21.3 Å². The third-order valence-electron chi connectivity index (χ3n) is 2.63. The van der Waals surface area contributed by atoms with E-state index in [0.717, 1.165) is 20.4 Å². The van der Waals surface area contributed by atoms with Gasteiger partial charge in [-0.15, -0.1) is 11.3 Å². The van der Waals surface area contributed by atoms with Crippen molar-refractivity contribution in [2.75, 3.05) is 0 Å². The van der Waals surface area contributed by atoms with E-state index in [2.05, 4.69) is 20.9 Å². The highest BCUT2D eigenvalue weighted by Gasteiger charge is 2.13. The minimum atomic E-state index is -0.323. The number of benzene rings is 1. The van der Waals surface area contributed by atoms with E-state index in [9.17, 15) is 4.79 Å². The molecular weight excluding hydrogens is 314 g/mol. The van der Waals surface area contributed by atoms with E-state index < -0.39 is 0 Å².